The Bertz CT molecular complexity index is 1460. The number of carbonyl (C=O) groups is 2. The van der Waals surface area contributed by atoms with Crippen molar-refractivity contribution in [3.05, 3.63) is 47.3 Å². The smallest absolute Gasteiger partial charge is 0.327 e. The zero-order valence-corrected chi connectivity index (χ0v) is 22.0. The Labute approximate surface area is 233 Å². The van der Waals surface area contributed by atoms with E-state index < -0.39 is 29.3 Å². The summed E-state index contributed by atoms with van der Waals surface area (Å²) in [6, 6.07) is 1.07. The normalized spacial score (nSPS) is 17.0. The van der Waals surface area contributed by atoms with Crippen molar-refractivity contribution in [2.75, 3.05) is 80.0 Å². The van der Waals surface area contributed by atoms with Gasteiger partial charge in [0.05, 0.1) is 32.1 Å². The first kappa shape index (κ1) is 26.7. The molecule has 0 atom stereocenters. The molecule has 2 aromatic heterocycles. The van der Waals surface area contributed by atoms with Gasteiger partial charge in [-0.05, 0) is 18.6 Å². The van der Waals surface area contributed by atoms with E-state index >= 15 is 8.78 Å². The first-order valence-corrected chi connectivity index (χ1v) is 13.1. The van der Waals surface area contributed by atoms with Gasteiger partial charge in [-0.1, -0.05) is 0 Å². The van der Waals surface area contributed by atoms with Gasteiger partial charge in [0.1, 0.15) is 11.5 Å². The van der Waals surface area contributed by atoms with E-state index in [0.29, 0.717) is 87.6 Å². The van der Waals surface area contributed by atoms with Crippen LogP contribution in [0.1, 0.15) is 15.9 Å². The SMILES string of the molecule is Nc1ncc(-c2nc(N3CCOCC3)nc3c2CCN3C(=O)Nc2c(F)cc(C(=O)N3CCOCC3)cc2F)cn1. The molecule has 0 saturated carbocycles. The van der Waals surface area contributed by atoms with Crippen molar-refractivity contribution in [1.82, 2.24) is 24.8 Å². The van der Waals surface area contributed by atoms with Crippen molar-refractivity contribution in [3.63, 3.8) is 0 Å². The van der Waals surface area contributed by atoms with Crippen LogP contribution < -0.4 is 20.9 Å². The van der Waals surface area contributed by atoms with Gasteiger partial charge in [0.25, 0.3) is 5.91 Å². The molecule has 0 unspecified atom stereocenters. The topological polar surface area (TPSA) is 152 Å². The summed E-state index contributed by atoms with van der Waals surface area (Å²) in [5, 5.41) is 2.33. The number of hydrogen-bond acceptors (Lipinski definition) is 10. The lowest BCUT2D eigenvalue weighted by Gasteiger charge is -2.28. The molecule has 2 saturated heterocycles. The van der Waals surface area contributed by atoms with E-state index in [-0.39, 0.29) is 18.1 Å². The van der Waals surface area contributed by atoms with E-state index in [2.05, 4.69) is 20.3 Å². The van der Waals surface area contributed by atoms with Crippen LogP contribution in [0.25, 0.3) is 11.3 Å². The Morgan fingerprint density at radius 2 is 1.54 bits per heavy atom. The Morgan fingerprint density at radius 3 is 2.20 bits per heavy atom. The maximum absolute atomic E-state index is 15.1. The van der Waals surface area contributed by atoms with Gasteiger partial charge in [-0.15, -0.1) is 0 Å². The molecular weight excluding hydrogens is 540 g/mol. The zero-order valence-electron chi connectivity index (χ0n) is 22.0. The molecule has 41 heavy (non-hydrogen) atoms. The van der Waals surface area contributed by atoms with Crippen LogP contribution in [0.4, 0.5) is 37.0 Å². The fraction of sp³-hybridized carbons (Fsp3) is 0.385. The maximum atomic E-state index is 15.1. The van der Waals surface area contributed by atoms with Crippen molar-refractivity contribution >= 4 is 35.3 Å². The van der Waals surface area contributed by atoms with Gasteiger partial charge in [0.15, 0.2) is 11.6 Å². The molecule has 3 aromatic rings. The quantitative estimate of drug-likeness (QED) is 0.477. The van der Waals surface area contributed by atoms with Gasteiger partial charge in [0.2, 0.25) is 11.9 Å². The van der Waals surface area contributed by atoms with Crippen LogP contribution in [-0.2, 0) is 15.9 Å². The Morgan fingerprint density at radius 1 is 0.902 bits per heavy atom. The second-order valence-electron chi connectivity index (χ2n) is 9.65. The molecule has 3 aliphatic rings. The van der Waals surface area contributed by atoms with Gasteiger partial charge in [-0.25, -0.2) is 28.5 Å². The molecule has 5 heterocycles. The number of anilines is 4. The van der Waals surface area contributed by atoms with Crippen LogP contribution in [0.5, 0.6) is 0 Å². The number of rotatable bonds is 4. The second kappa shape index (κ2) is 11.2. The fourth-order valence-corrected chi connectivity index (χ4v) is 4.98. The summed E-state index contributed by atoms with van der Waals surface area (Å²) >= 11 is 0. The summed E-state index contributed by atoms with van der Waals surface area (Å²) in [5.41, 5.74) is 6.65. The number of carbonyl (C=O) groups excluding carboxylic acids is 2. The van der Waals surface area contributed by atoms with E-state index in [1.165, 1.54) is 9.80 Å². The molecule has 3 N–H and O–H groups in total. The number of nitrogen functional groups attached to an aromatic ring is 1. The predicted molar refractivity (Wildman–Crippen MR) is 144 cm³/mol. The maximum Gasteiger partial charge on any atom is 0.327 e. The van der Waals surface area contributed by atoms with Crippen LogP contribution in [0, 0.1) is 11.6 Å². The molecule has 0 bridgehead atoms. The largest absolute Gasteiger partial charge is 0.378 e. The van der Waals surface area contributed by atoms with Crippen molar-refractivity contribution in [2.45, 2.75) is 6.42 Å². The molecule has 3 aliphatic heterocycles. The molecule has 2 fully saturated rings. The molecule has 15 heteroatoms. The molecule has 214 valence electrons. The number of hydrogen-bond donors (Lipinski definition) is 2. The number of nitrogens with zero attached hydrogens (tertiary/aromatic N) is 7. The lowest BCUT2D eigenvalue weighted by molar-refractivity contribution is 0.0302. The Kier molecular flexibility index (Phi) is 7.28. The summed E-state index contributed by atoms with van der Waals surface area (Å²) in [7, 11) is 0. The van der Waals surface area contributed by atoms with Crippen LogP contribution in [0.3, 0.4) is 0 Å². The monoisotopic (exact) mass is 567 g/mol. The van der Waals surface area contributed by atoms with Crippen LogP contribution >= 0.6 is 0 Å². The number of halogens is 2. The Balaban J connectivity index is 1.29. The van der Waals surface area contributed by atoms with Crippen LogP contribution in [0.2, 0.25) is 0 Å². The summed E-state index contributed by atoms with van der Waals surface area (Å²) < 4.78 is 40.8. The highest BCUT2D eigenvalue weighted by Gasteiger charge is 2.33. The number of ether oxygens (including phenoxy) is 2. The average molecular weight is 568 g/mol. The summed E-state index contributed by atoms with van der Waals surface area (Å²) in [6.07, 6.45) is 3.48. The Hall–Kier alpha value is -4.50. The van der Waals surface area contributed by atoms with Crippen molar-refractivity contribution in [1.29, 1.82) is 0 Å². The minimum atomic E-state index is -1.06. The van der Waals surface area contributed by atoms with E-state index in [4.69, 9.17) is 20.2 Å². The third-order valence-corrected chi connectivity index (χ3v) is 7.12. The third kappa shape index (κ3) is 5.32. The molecule has 13 nitrogen and oxygen atoms in total. The minimum absolute atomic E-state index is 0.107. The highest BCUT2D eigenvalue weighted by Crippen LogP contribution is 2.36. The molecule has 1 aromatic carbocycles. The predicted octanol–water partition coefficient (Wildman–Crippen LogP) is 1.70. The summed E-state index contributed by atoms with van der Waals surface area (Å²) in [4.78, 5) is 48.4. The van der Waals surface area contributed by atoms with Gasteiger partial charge < -0.3 is 30.3 Å². The van der Waals surface area contributed by atoms with Crippen LogP contribution in [0.15, 0.2) is 24.5 Å². The van der Waals surface area contributed by atoms with Crippen LogP contribution in [-0.4, -0.2) is 95.9 Å². The number of benzene rings is 1. The minimum Gasteiger partial charge on any atom is -0.378 e. The standard InChI is InChI=1S/C26H27F2N9O4/c27-18-11-15(23(38)35-3-7-40-8-4-35)12-19(28)21(18)33-26(39)37-2-1-17-20(16-13-30-24(29)31-14-16)32-25(34-22(17)37)36-5-9-41-10-6-36/h11-14H,1-10H2,(H,33,39)(H2,29,30,31). The highest BCUT2D eigenvalue weighted by molar-refractivity contribution is 6.03. The van der Waals surface area contributed by atoms with Gasteiger partial charge in [0, 0.05) is 61.8 Å². The van der Waals surface area contributed by atoms with Gasteiger partial charge in [-0.2, -0.15) is 4.98 Å². The van der Waals surface area contributed by atoms with Crippen molar-refractivity contribution in [3.8, 4) is 11.3 Å². The molecule has 3 amide bonds. The fourth-order valence-electron chi connectivity index (χ4n) is 4.98. The molecular formula is C26H27F2N9O4. The number of nitrogens with two attached hydrogens (primary N) is 1. The lowest BCUT2D eigenvalue weighted by Crippen LogP contribution is -2.40. The number of morpholine rings is 2. The van der Waals surface area contributed by atoms with Gasteiger partial charge in [-0.3, -0.25) is 9.69 Å². The van der Waals surface area contributed by atoms with Crippen molar-refractivity contribution in [2.24, 2.45) is 0 Å². The summed E-state index contributed by atoms with van der Waals surface area (Å²) in [5.74, 6) is -1.84. The van der Waals surface area contributed by atoms with E-state index in [9.17, 15) is 9.59 Å². The zero-order chi connectivity index (χ0) is 28.5. The molecule has 0 radical (unpaired) electrons. The number of amides is 3. The average Bonchev–Trinajstić information content (AvgIpc) is 3.43. The van der Waals surface area contributed by atoms with E-state index in [1.807, 2.05) is 4.90 Å². The van der Waals surface area contributed by atoms with E-state index in [1.54, 1.807) is 12.4 Å². The van der Waals surface area contributed by atoms with Crippen molar-refractivity contribution < 1.29 is 27.8 Å². The first-order chi connectivity index (χ1) is 19.9. The molecule has 6 rings (SSSR count). The number of nitrogens with one attached hydrogen (secondary N) is 1. The third-order valence-electron chi connectivity index (χ3n) is 7.12. The lowest BCUT2D eigenvalue weighted by atomic mass is 10.1. The van der Waals surface area contributed by atoms with E-state index in [0.717, 1.165) is 12.1 Å². The van der Waals surface area contributed by atoms with Gasteiger partial charge >= 0.3 is 6.03 Å². The number of fused-ring (bicyclic) bond motifs is 1. The first-order valence-electron chi connectivity index (χ1n) is 13.1. The highest BCUT2D eigenvalue weighted by atomic mass is 19.1. The second-order valence-corrected chi connectivity index (χ2v) is 9.65. The number of urea groups is 1. The summed E-state index contributed by atoms with van der Waals surface area (Å²) in [6.45, 7) is 3.64. The molecule has 0 spiro atoms. The molecule has 0 aliphatic carbocycles. The number of aromatic nitrogens is 4.